The van der Waals surface area contributed by atoms with E-state index in [4.69, 9.17) is 0 Å². The normalized spacial score (nSPS) is 12.9. The summed E-state index contributed by atoms with van der Waals surface area (Å²) in [6, 6.07) is 22.6. The predicted octanol–water partition coefficient (Wildman–Crippen LogP) is -0.411. The van der Waals surface area contributed by atoms with E-state index in [9.17, 15) is 20.2 Å². The van der Waals surface area contributed by atoms with Gasteiger partial charge in [-0.1, -0.05) is 47.6 Å². The van der Waals surface area contributed by atoms with Crippen LogP contribution in [0.25, 0.3) is 0 Å². The first-order valence-electron chi connectivity index (χ1n) is 8.61. The minimum Gasteiger partial charge on any atom is -1.00 e. The van der Waals surface area contributed by atoms with Crippen LogP contribution in [0.4, 0.5) is 22.7 Å². The molecule has 10 nitrogen and oxygen atoms in total. The lowest BCUT2D eigenvalue weighted by molar-refractivity contribution is -0.545. The minimum absolute atomic E-state index is 0. The van der Waals surface area contributed by atoms with Crippen LogP contribution in [0.2, 0.25) is 0 Å². The van der Waals surface area contributed by atoms with Crippen molar-refractivity contribution >= 4 is 28.6 Å². The largest absolute Gasteiger partial charge is 1.00 e. The van der Waals surface area contributed by atoms with Gasteiger partial charge in [-0.15, -0.1) is 10.2 Å². The van der Waals surface area contributed by atoms with E-state index in [1.807, 2.05) is 60.7 Å². The van der Waals surface area contributed by atoms with Crippen molar-refractivity contribution in [1.82, 2.24) is 0 Å². The number of rotatable bonds is 5. The molecule has 0 atom stereocenters. The monoisotopic (exact) mass is 426 g/mol. The maximum atomic E-state index is 11.6. The Morgan fingerprint density at radius 1 is 0.767 bits per heavy atom. The van der Waals surface area contributed by atoms with Crippen LogP contribution < -0.4 is 28.1 Å². The first-order chi connectivity index (χ1) is 14.1. The van der Waals surface area contributed by atoms with Crippen LogP contribution in [-0.2, 0) is 0 Å². The maximum absolute atomic E-state index is 11.6. The predicted molar refractivity (Wildman–Crippen MR) is 106 cm³/mol. The standard InChI is InChI=1S/C19H14N6O4.ClH/c26-24(27)17-13-7-12-16(18(17)25(28)29)19-20-22(14-8-3-1-4-9-14)23(21-19)15-10-5-2-6-11-15;/h1-13H,(H,20,21);1H. The van der Waals surface area contributed by atoms with Crippen LogP contribution in [0.15, 0.2) is 84.0 Å². The third-order valence-electron chi connectivity index (χ3n) is 4.33. The smallest absolute Gasteiger partial charge is 0.361 e. The molecule has 30 heavy (non-hydrogen) atoms. The Bertz CT molecular complexity index is 1110. The number of nitro groups is 2. The van der Waals surface area contributed by atoms with Gasteiger partial charge in [-0.2, -0.15) is 5.43 Å². The van der Waals surface area contributed by atoms with Crippen molar-refractivity contribution in [2.45, 2.75) is 0 Å². The van der Waals surface area contributed by atoms with E-state index in [1.54, 1.807) is 15.7 Å². The molecule has 3 aromatic carbocycles. The highest BCUT2D eigenvalue weighted by molar-refractivity contribution is 5.99. The Morgan fingerprint density at radius 2 is 1.37 bits per heavy atom. The van der Waals surface area contributed by atoms with E-state index < -0.39 is 21.2 Å². The lowest BCUT2D eigenvalue weighted by atomic mass is 10.1. The van der Waals surface area contributed by atoms with Crippen molar-refractivity contribution in [2.75, 3.05) is 10.2 Å². The number of hydrazone groups is 1. The lowest BCUT2D eigenvalue weighted by Gasteiger charge is -2.23. The van der Waals surface area contributed by atoms with Crippen LogP contribution in [0.3, 0.4) is 0 Å². The van der Waals surface area contributed by atoms with Crippen LogP contribution in [0, 0.1) is 20.2 Å². The number of amidine groups is 1. The Hall–Kier alpha value is -4.02. The highest BCUT2D eigenvalue weighted by Gasteiger charge is 2.38. The fourth-order valence-electron chi connectivity index (χ4n) is 3.06. The number of hydrogen-bond acceptors (Lipinski definition) is 7. The summed E-state index contributed by atoms with van der Waals surface area (Å²) in [5.41, 5.74) is 2.04. The van der Waals surface area contributed by atoms with Crippen molar-refractivity contribution in [2.24, 2.45) is 5.10 Å². The zero-order chi connectivity index (χ0) is 20.4. The Kier molecular flexibility index (Phi) is 5.90. The Labute approximate surface area is 176 Å². The number of hydrazine groups is 1. The van der Waals surface area contributed by atoms with Crippen molar-refractivity contribution < 1.29 is 27.7 Å². The van der Waals surface area contributed by atoms with E-state index in [0.29, 0.717) is 0 Å². The summed E-state index contributed by atoms with van der Waals surface area (Å²) in [6.07, 6.45) is 0. The molecule has 152 valence electrons. The van der Waals surface area contributed by atoms with Crippen LogP contribution >= 0.6 is 0 Å². The summed E-state index contributed by atoms with van der Waals surface area (Å²) < 4.78 is 0. The number of nitrogens with zero attached hydrogens (tertiary/aromatic N) is 5. The molecule has 0 aromatic heterocycles. The zero-order valence-corrected chi connectivity index (χ0v) is 16.1. The van der Waals surface area contributed by atoms with Crippen molar-refractivity contribution in [1.29, 1.82) is 0 Å². The van der Waals surface area contributed by atoms with E-state index >= 15 is 0 Å². The van der Waals surface area contributed by atoms with E-state index in [2.05, 4.69) is 5.10 Å². The fourth-order valence-corrected chi connectivity index (χ4v) is 3.06. The molecule has 1 heterocycles. The highest BCUT2D eigenvalue weighted by atomic mass is 35.5. The van der Waals surface area contributed by atoms with E-state index in [0.717, 1.165) is 17.4 Å². The molecular weight excluding hydrogens is 412 g/mol. The topological polar surface area (TPSA) is 122 Å². The number of quaternary nitrogens is 1. The molecule has 11 heteroatoms. The molecule has 0 radical (unpaired) electrons. The maximum Gasteiger partial charge on any atom is 0.361 e. The summed E-state index contributed by atoms with van der Waals surface area (Å²) in [7, 11) is 0. The van der Waals surface area contributed by atoms with Gasteiger partial charge in [0.25, 0.3) is 5.84 Å². The number of anilines is 2. The molecule has 0 saturated heterocycles. The van der Waals surface area contributed by atoms with Gasteiger partial charge in [0.15, 0.2) is 0 Å². The molecule has 0 amide bonds. The van der Waals surface area contributed by atoms with Gasteiger partial charge in [0.2, 0.25) is 0 Å². The molecule has 2 N–H and O–H groups in total. The van der Waals surface area contributed by atoms with Gasteiger partial charge in [-0.05, 0) is 30.3 Å². The summed E-state index contributed by atoms with van der Waals surface area (Å²) in [4.78, 5) is 21.4. The van der Waals surface area contributed by atoms with Gasteiger partial charge < -0.3 is 12.4 Å². The van der Waals surface area contributed by atoms with Crippen LogP contribution in [0.1, 0.15) is 5.56 Å². The van der Waals surface area contributed by atoms with Crippen molar-refractivity contribution in [3.8, 4) is 0 Å². The number of halogens is 1. The average molecular weight is 427 g/mol. The fraction of sp³-hybridized carbons (Fsp3) is 0. The summed E-state index contributed by atoms with van der Waals surface area (Å²) in [5, 5.41) is 30.7. The molecule has 1 aliphatic heterocycles. The molecule has 0 bridgehead atoms. The molecule has 0 aliphatic carbocycles. The van der Waals surface area contributed by atoms with Crippen LogP contribution in [0.5, 0.6) is 0 Å². The second kappa shape index (κ2) is 8.55. The SMILES string of the molecule is O=[N+]([O-])c1cccc(C2=NN(c3ccccc3)N(c3ccccc3)[NH2+]2)c1[N+](=O)[O-].[Cl-]. The Morgan fingerprint density at radius 3 is 1.93 bits per heavy atom. The number of para-hydroxylation sites is 3. The van der Waals surface area contributed by atoms with Gasteiger partial charge in [0.1, 0.15) is 11.3 Å². The second-order valence-electron chi connectivity index (χ2n) is 6.11. The molecule has 0 spiro atoms. The van der Waals surface area contributed by atoms with Crippen molar-refractivity contribution in [3.63, 3.8) is 0 Å². The zero-order valence-electron chi connectivity index (χ0n) is 15.3. The number of benzene rings is 3. The summed E-state index contributed by atoms with van der Waals surface area (Å²) >= 11 is 0. The van der Waals surface area contributed by atoms with E-state index in [-0.39, 0.29) is 23.8 Å². The number of nitro benzene ring substituents is 2. The molecule has 3 aromatic rings. The lowest BCUT2D eigenvalue weighted by Crippen LogP contribution is -3.00. The molecule has 0 fully saturated rings. The molecule has 1 aliphatic rings. The molecule has 0 unspecified atom stereocenters. The third kappa shape index (κ3) is 3.77. The van der Waals surface area contributed by atoms with Gasteiger partial charge >= 0.3 is 11.4 Å². The molecular formula is C19H15ClN6O4. The van der Waals surface area contributed by atoms with E-state index in [1.165, 1.54) is 12.1 Å². The quantitative estimate of drug-likeness (QED) is 0.336. The summed E-state index contributed by atoms with van der Waals surface area (Å²) in [5.74, 6) is 0.244. The minimum atomic E-state index is -0.763. The first-order valence-corrected chi connectivity index (χ1v) is 8.61. The van der Waals surface area contributed by atoms with Crippen molar-refractivity contribution in [3.05, 3.63) is 105 Å². The highest BCUT2D eigenvalue weighted by Crippen LogP contribution is 2.31. The van der Waals surface area contributed by atoms with Crippen LogP contribution in [-0.4, -0.2) is 15.7 Å². The average Bonchev–Trinajstić information content (AvgIpc) is 3.19. The third-order valence-corrected chi connectivity index (χ3v) is 4.33. The second-order valence-corrected chi connectivity index (χ2v) is 6.11. The first kappa shape index (κ1) is 20.7. The number of hydrogen-bond donors (Lipinski definition) is 1. The van der Waals surface area contributed by atoms with Gasteiger partial charge in [0.05, 0.1) is 15.5 Å². The molecule has 4 rings (SSSR count). The molecule has 0 saturated carbocycles. The Balaban J connectivity index is 0.00000256. The van der Waals surface area contributed by atoms with Gasteiger partial charge in [-0.3, -0.25) is 20.2 Å². The summed E-state index contributed by atoms with van der Waals surface area (Å²) in [6.45, 7) is 0. The number of nitrogens with two attached hydrogens (primary N) is 1. The van der Waals surface area contributed by atoms with Gasteiger partial charge in [0, 0.05) is 6.07 Å². The van der Waals surface area contributed by atoms with Gasteiger partial charge in [-0.25, -0.2) is 0 Å².